The number of aryl methyl sites for hydroxylation is 1. The van der Waals surface area contributed by atoms with Crippen LogP contribution in [0.3, 0.4) is 0 Å². The summed E-state index contributed by atoms with van der Waals surface area (Å²) in [4.78, 5) is 12.4. The fourth-order valence-electron chi connectivity index (χ4n) is 4.09. The maximum absolute atomic E-state index is 12.4. The van der Waals surface area contributed by atoms with Crippen molar-refractivity contribution in [2.75, 3.05) is 20.3 Å². The van der Waals surface area contributed by atoms with E-state index < -0.39 is 11.9 Å². The Morgan fingerprint density at radius 2 is 1.85 bits per heavy atom. The summed E-state index contributed by atoms with van der Waals surface area (Å²) >= 11 is 6.03. The quantitative estimate of drug-likeness (QED) is 0.260. The smallest absolute Gasteiger partial charge is 0.349 e. The molecule has 0 amide bonds. The molecule has 1 atom stereocenters. The third kappa shape index (κ3) is 6.39. The standard InChI is InChI=1S/C30H29ClN2O6/c1-17(2)15-37-25-10-5-19(12-27(25)35-4)29-22-8-6-21(13-26(22)39-30(33)23(29)14-32)38-28(34)16-36-20-7-9-24(31)18(3)11-20/h5-13,17,29H,15-16,33H2,1-4H3. The molecule has 9 heteroatoms. The number of halogens is 1. The van der Waals surface area contributed by atoms with Crippen LogP contribution in [-0.4, -0.2) is 26.3 Å². The Morgan fingerprint density at radius 3 is 2.54 bits per heavy atom. The second kappa shape index (κ2) is 12.0. The zero-order valence-electron chi connectivity index (χ0n) is 22.1. The molecule has 1 unspecified atom stereocenters. The van der Waals surface area contributed by atoms with E-state index in [4.69, 9.17) is 41.0 Å². The topological polar surface area (TPSA) is 113 Å². The van der Waals surface area contributed by atoms with E-state index in [0.717, 1.165) is 11.1 Å². The third-order valence-corrected chi connectivity index (χ3v) is 6.43. The maximum atomic E-state index is 12.4. The number of fused-ring (bicyclic) bond motifs is 1. The molecule has 1 aliphatic rings. The number of nitriles is 1. The Balaban J connectivity index is 1.56. The molecule has 0 fully saturated rings. The minimum Gasteiger partial charge on any atom is -0.493 e. The number of carbonyl (C=O) groups excluding carboxylic acids is 1. The molecule has 0 radical (unpaired) electrons. The number of carbonyl (C=O) groups is 1. The largest absolute Gasteiger partial charge is 0.493 e. The van der Waals surface area contributed by atoms with Gasteiger partial charge in [0.15, 0.2) is 18.1 Å². The molecule has 3 aromatic rings. The lowest BCUT2D eigenvalue weighted by Crippen LogP contribution is -2.22. The summed E-state index contributed by atoms with van der Waals surface area (Å²) < 4.78 is 28.2. The maximum Gasteiger partial charge on any atom is 0.349 e. The summed E-state index contributed by atoms with van der Waals surface area (Å²) in [6.07, 6.45) is 0. The van der Waals surface area contributed by atoms with Crippen molar-refractivity contribution >= 4 is 17.6 Å². The summed E-state index contributed by atoms with van der Waals surface area (Å²) in [5.41, 5.74) is 8.69. The Bertz CT molecular complexity index is 1460. The minimum absolute atomic E-state index is 0.0287. The second-order valence-corrected chi connectivity index (χ2v) is 9.82. The van der Waals surface area contributed by atoms with Gasteiger partial charge in [0.05, 0.1) is 19.6 Å². The van der Waals surface area contributed by atoms with Crippen LogP contribution in [0.2, 0.25) is 5.02 Å². The molecule has 3 aromatic carbocycles. The molecule has 0 bridgehead atoms. The molecular weight excluding hydrogens is 520 g/mol. The van der Waals surface area contributed by atoms with Gasteiger partial charge in [-0.25, -0.2) is 4.79 Å². The monoisotopic (exact) mass is 548 g/mol. The summed E-state index contributed by atoms with van der Waals surface area (Å²) in [5.74, 6) is 1.47. The molecule has 1 heterocycles. The lowest BCUT2D eigenvalue weighted by Gasteiger charge is -2.27. The van der Waals surface area contributed by atoms with Gasteiger partial charge in [0.2, 0.25) is 5.88 Å². The van der Waals surface area contributed by atoms with E-state index >= 15 is 0 Å². The third-order valence-electron chi connectivity index (χ3n) is 6.00. The van der Waals surface area contributed by atoms with E-state index in [1.54, 1.807) is 43.5 Å². The number of esters is 1. The van der Waals surface area contributed by atoms with Gasteiger partial charge in [0.25, 0.3) is 0 Å². The van der Waals surface area contributed by atoms with Gasteiger partial charge < -0.3 is 29.4 Å². The van der Waals surface area contributed by atoms with Gasteiger partial charge in [-0.2, -0.15) is 5.26 Å². The van der Waals surface area contributed by atoms with Gasteiger partial charge in [-0.1, -0.05) is 37.6 Å². The van der Waals surface area contributed by atoms with Crippen molar-refractivity contribution in [3.05, 3.63) is 87.8 Å². The summed E-state index contributed by atoms with van der Waals surface area (Å²) in [5, 5.41) is 10.5. The minimum atomic E-state index is -0.599. The highest BCUT2D eigenvalue weighted by Gasteiger charge is 2.32. The number of allylic oxidation sites excluding steroid dienone is 1. The molecular formula is C30H29ClN2O6. The van der Waals surface area contributed by atoms with Crippen LogP contribution in [0.5, 0.6) is 28.7 Å². The highest BCUT2D eigenvalue weighted by Crippen LogP contribution is 2.45. The van der Waals surface area contributed by atoms with Crippen molar-refractivity contribution < 1.29 is 28.5 Å². The van der Waals surface area contributed by atoms with E-state index in [9.17, 15) is 10.1 Å². The molecule has 8 nitrogen and oxygen atoms in total. The SMILES string of the molecule is COc1cc(C2C(C#N)=C(N)Oc3cc(OC(=O)COc4ccc(Cl)c(C)c4)ccc32)ccc1OCC(C)C. The lowest BCUT2D eigenvalue weighted by atomic mass is 9.83. The molecule has 202 valence electrons. The highest BCUT2D eigenvalue weighted by atomic mass is 35.5. The van der Waals surface area contributed by atoms with Gasteiger partial charge >= 0.3 is 5.97 Å². The predicted molar refractivity (Wildman–Crippen MR) is 146 cm³/mol. The Morgan fingerprint density at radius 1 is 1.08 bits per heavy atom. The number of nitrogens with two attached hydrogens (primary N) is 1. The van der Waals surface area contributed by atoms with Crippen LogP contribution in [0.1, 0.15) is 36.5 Å². The van der Waals surface area contributed by atoms with Crippen molar-refractivity contribution in [1.82, 2.24) is 0 Å². The van der Waals surface area contributed by atoms with Crippen LogP contribution in [-0.2, 0) is 4.79 Å². The molecule has 0 spiro atoms. The predicted octanol–water partition coefficient (Wildman–Crippen LogP) is 5.89. The Hall–Kier alpha value is -4.35. The van der Waals surface area contributed by atoms with Crippen LogP contribution in [0, 0.1) is 24.2 Å². The zero-order chi connectivity index (χ0) is 28.1. The van der Waals surface area contributed by atoms with Crippen LogP contribution in [0.15, 0.2) is 66.1 Å². The molecule has 2 N–H and O–H groups in total. The number of nitrogens with zero attached hydrogens (tertiary/aromatic N) is 1. The van der Waals surface area contributed by atoms with Crippen LogP contribution >= 0.6 is 11.6 Å². The number of methoxy groups -OCH3 is 1. The van der Waals surface area contributed by atoms with E-state index in [2.05, 4.69) is 19.9 Å². The van der Waals surface area contributed by atoms with E-state index in [0.29, 0.717) is 46.1 Å². The van der Waals surface area contributed by atoms with Gasteiger partial charge in [0.1, 0.15) is 28.9 Å². The number of rotatable bonds is 9. The number of ether oxygens (including phenoxy) is 5. The van der Waals surface area contributed by atoms with Crippen molar-refractivity contribution in [2.45, 2.75) is 26.7 Å². The van der Waals surface area contributed by atoms with Crippen LogP contribution < -0.4 is 29.4 Å². The molecule has 0 saturated heterocycles. The lowest BCUT2D eigenvalue weighted by molar-refractivity contribution is -0.136. The van der Waals surface area contributed by atoms with Crippen LogP contribution in [0.4, 0.5) is 0 Å². The fraction of sp³-hybridized carbons (Fsp3) is 0.267. The van der Waals surface area contributed by atoms with Gasteiger partial charge in [0, 0.05) is 16.7 Å². The summed E-state index contributed by atoms with van der Waals surface area (Å²) in [7, 11) is 1.56. The normalized spacial score (nSPS) is 14.2. The Labute approximate surface area is 232 Å². The van der Waals surface area contributed by atoms with Crippen LogP contribution in [0.25, 0.3) is 0 Å². The molecule has 0 saturated carbocycles. The first kappa shape index (κ1) is 27.7. The number of hydrogen-bond acceptors (Lipinski definition) is 8. The van der Waals surface area contributed by atoms with Gasteiger partial charge in [-0.15, -0.1) is 0 Å². The summed E-state index contributed by atoms with van der Waals surface area (Å²) in [6.45, 7) is 6.21. The van der Waals surface area contributed by atoms with E-state index in [1.165, 1.54) is 0 Å². The van der Waals surface area contributed by atoms with E-state index in [1.807, 2.05) is 25.1 Å². The zero-order valence-corrected chi connectivity index (χ0v) is 22.9. The number of benzene rings is 3. The number of hydrogen-bond donors (Lipinski definition) is 1. The molecule has 39 heavy (non-hydrogen) atoms. The first-order valence-electron chi connectivity index (χ1n) is 12.3. The molecule has 1 aliphatic heterocycles. The first-order chi connectivity index (χ1) is 18.7. The summed E-state index contributed by atoms with van der Waals surface area (Å²) in [6, 6.07) is 17.7. The Kier molecular flexibility index (Phi) is 8.52. The molecule has 0 aromatic heterocycles. The van der Waals surface area contributed by atoms with Crippen molar-refractivity contribution in [1.29, 1.82) is 5.26 Å². The van der Waals surface area contributed by atoms with Gasteiger partial charge in [-0.3, -0.25) is 0 Å². The second-order valence-electron chi connectivity index (χ2n) is 9.41. The average Bonchev–Trinajstić information content (AvgIpc) is 2.91. The highest BCUT2D eigenvalue weighted by molar-refractivity contribution is 6.31. The molecule has 4 rings (SSSR count). The fourth-order valence-corrected chi connectivity index (χ4v) is 4.21. The van der Waals surface area contributed by atoms with Gasteiger partial charge in [-0.05, 0) is 60.4 Å². The average molecular weight is 549 g/mol. The van der Waals surface area contributed by atoms with E-state index in [-0.39, 0.29) is 23.8 Å². The molecule has 0 aliphatic carbocycles. The van der Waals surface area contributed by atoms with Crippen molar-refractivity contribution in [3.8, 4) is 34.8 Å². The first-order valence-corrected chi connectivity index (χ1v) is 12.7. The van der Waals surface area contributed by atoms with Crippen molar-refractivity contribution in [2.24, 2.45) is 11.7 Å². The van der Waals surface area contributed by atoms with Crippen molar-refractivity contribution in [3.63, 3.8) is 0 Å².